The summed E-state index contributed by atoms with van der Waals surface area (Å²) in [6, 6.07) is 10.1. The van der Waals surface area contributed by atoms with Crippen LogP contribution in [-0.4, -0.2) is 35.0 Å². The Morgan fingerprint density at radius 3 is 2.44 bits per heavy atom. The van der Waals surface area contributed by atoms with Crippen molar-refractivity contribution in [3.8, 4) is 0 Å². The fourth-order valence-electron chi connectivity index (χ4n) is 3.23. The Morgan fingerprint density at radius 1 is 1.15 bits per heavy atom. The highest BCUT2D eigenvalue weighted by Crippen LogP contribution is 2.25. The highest BCUT2D eigenvalue weighted by Gasteiger charge is 2.16. The number of benzene rings is 1. The molecule has 1 saturated heterocycles. The van der Waals surface area contributed by atoms with Crippen LogP contribution in [0.25, 0.3) is 0 Å². The molecule has 2 aromatic rings. The van der Waals surface area contributed by atoms with Crippen molar-refractivity contribution in [2.24, 2.45) is 5.92 Å². The van der Waals surface area contributed by atoms with Crippen LogP contribution in [-0.2, 0) is 0 Å². The molecule has 1 aromatic heterocycles. The first-order valence-corrected chi connectivity index (χ1v) is 9.69. The molecule has 144 valence electrons. The summed E-state index contributed by atoms with van der Waals surface area (Å²) >= 11 is 0. The molecule has 0 spiro atoms. The summed E-state index contributed by atoms with van der Waals surface area (Å²) in [6.07, 6.45) is 2.50. The van der Waals surface area contributed by atoms with E-state index in [1.165, 1.54) is 18.5 Å². The third kappa shape index (κ3) is 5.18. The van der Waals surface area contributed by atoms with Crippen molar-refractivity contribution in [2.45, 2.75) is 46.6 Å². The molecule has 6 heteroatoms. The van der Waals surface area contributed by atoms with Gasteiger partial charge in [0.05, 0.1) is 0 Å². The van der Waals surface area contributed by atoms with E-state index >= 15 is 0 Å². The molecule has 2 heterocycles. The van der Waals surface area contributed by atoms with E-state index in [1.54, 1.807) is 6.07 Å². The molecule has 0 radical (unpaired) electrons. The monoisotopic (exact) mass is 367 g/mol. The van der Waals surface area contributed by atoms with E-state index in [1.807, 2.05) is 32.9 Å². The Bertz CT molecular complexity index is 780. The fraction of sp³-hybridized carbons (Fsp3) is 0.476. The maximum atomic E-state index is 12.2. The predicted octanol–water partition coefficient (Wildman–Crippen LogP) is 3.90. The number of anilines is 3. The molecule has 1 aliphatic heterocycles. The highest BCUT2D eigenvalue weighted by molar-refractivity contribution is 5.92. The van der Waals surface area contributed by atoms with Gasteiger partial charge in [0.1, 0.15) is 5.69 Å². The van der Waals surface area contributed by atoms with E-state index in [0.717, 1.165) is 30.4 Å². The van der Waals surface area contributed by atoms with E-state index in [0.29, 0.717) is 11.6 Å². The largest absolute Gasteiger partial charge is 0.372 e. The first-order chi connectivity index (χ1) is 12.9. The smallest absolute Gasteiger partial charge is 0.270 e. The van der Waals surface area contributed by atoms with Gasteiger partial charge in [-0.3, -0.25) is 4.79 Å². The summed E-state index contributed by atoms with van der Waals surface area (Å²) in [5, 5.41) is 6.07. The Kier molecular flexibility index (Phi) is 5.94. The molecule has 1 amide bonds. The van der Waals surface area contributed by atoms with Gasteiger partial charge in [-0.2, -0.15) is 0 Å². The number of aryl methyl sites for hydroxylation is 1. The molecule has 6 nitrogen and oxygen atoms in total. The number of nitrogens with one attached hydrogen (secondary N) is 2. The van der Waals surface area contributed by atoms with Crippen LogP contribution >= 0.6 is 0 Å². The Labute approximate surface area is 161 Å². The zero-order valence-electron chi connectivity index (χ0n) is 16.6. The molecule has 2 N–H and O–H groups in total. The fourth-order valence-corrected chi connectivity index (χ4v) is 3.23. The maximum Gasteiger partial charge on any atom is 0.270 e. The first kappa shape index (κ1) is 19.1. The molecule has 0 atom stereocenters. The average Bonchev–Trinajstić information content (AvgIpc) is 2.62. The van der Waals surface area contributed by atoms with E-state index in [4.69, 9.17) is 0 Å². The third-order valence-electron chi connectivity index (χ3n) is 4.78. The number of carbonyl (C=O) groups excluding carboxylic acids is 1. The van der Waals surface area contributed by atoms with Crippen LogP contribution < -0.4 is 15.5 Å². The van der Waals surface area contributed by atoms with Crippen LogP contribution in [0.1, 0.15) is 49.8 Å². The Hall–Kier alpha value is -2.63. The van der Waals surface area contributed by atoms with Crippen LogP contribution in [0.5, 0.6) is 0 Å². The van der Waals surface area contributed by atoms with Gasteiger partial charge in [0, 0.05) is 36.2 Å². The van der Waals surface area contributed by atoms with Gasteiger partial charge in [0.15, 0.2) is 0 Å². The summed E-state index contributed by atoms with van der Waals surface area (Å²) in [4.78, 5) is 23.4. The maximum absolute atomic E-state index is 12.2. The quantitative estimate of drug-likeness (QED) is 0.839. The molecule has 1 aliphatic rings. The van der Waals surface area contributed by atoms with Gasteiger partial charge in [-0.05, 0) is 69.9 Å². The highest BCUT2D eigenvalue weighted by atomic mass is 16.1. The van der Waals surface area contributed by atoms with Gasteiger partial charge in [-0.1, -0.05) is 6.92 Å². The molecular weight excluding hydrogens is 338 g/mol. The van der Waals surface area contributed by atoms with E-state index in [9.17, 15) is 4.79 Å². The van der Waals surface area contributed by atoms with Gasteiger partial charge in [-0.15, -0.1) is 0 Å². The van der Waals surface area contributed by atoms with E-state index in [2.05, 4.69) is 44.6 Å². The number of hydrogen-bond donors (Lipinski definition) is 2. The summed E-state index contributed by atoms with van der Waals surface area (Å²) in [5.41, 5.74) is 3.28. The Morgan fingerprint density at radius 2 is 1.81 bits per heavy atom. The lowest BCUT2D eigenvalue weighted by atomic mass is 9.99. The summed E-state index contributed by atoms with van der Waals surface area (Å²) in [5.74, 6) is 1.07. The van der Waals surface area contributed by atoms with Crippen molar-refractivity contribution in [1.29, 1.82) is 0 Å². The normalized spacial score (nSPS) is 15.1. The number of amides is 1. The van der Waals surface area contributed by atoms with Gasteiger partial charge in [0.2, 0.25) is 5.95 Å². The van der Waals surface area contributed by atoms with Crippen molar-refractivity contribution in [1.82, 2.24) is 15.3 Å². The topological polar surface area (TPSA) is 70.2 Å². The number of aromatic nitrogens is 2. The summed E-state index contributed by atoms with van der Waals surface area (Å²) < 4.78 is 0. The molecule has 1 fully saturated rings. The number of hydrogen-bond acceptors (Lipinski definition) is 5. The molecule has 0 bridgehead atoms. The summed E-state index contributed by atoms with van der Waals surface area (Å²) in [6.45, 7) is 10.3. The predicted molar refractivity (Wildman–Crippen MR) is 110 cm³/mol. The van der Waals surface area contributed by atoms with E-state index < -0.39 is 0 Å². The van der Waals surface area contributed by atoms with Crippen molar-refractivity contribution in [3.05, 3.63) is 41.7 Å². The zero-order chi connectivity index (χ0) is 19.4. The number of rotatable bonds is 5. The average molecular weight is 367 g/mol. The van der Waals surface area contributed by atoms with Gasteiger partial charge >= 0.3 is 0 Å². The van der Waals surface area contributed by atoms with Gasteiger partial charge in [-0.25, -0.2) is 9.97 Å². The SMILES string of the molecule is Cc1cc(C(=O)NC(C)C)nc(Nc2ccc(N3CCC(C)CC3)cc2)n1. The van der Waals surface area contributed by atoms with Gasteiger partial charge < -0.3 is 15.5 Å². The second kappa shape index (κ2) is 8.37. The third-order valence-corrected chi connectivity index (χ3v) is 4.78. The van der Waals surface area contributed by atoms with Crippen molar-refractivity contribution >= 4 is 23.2 Å². The minimum absolute atomic E-state index is 0.0644. The van der Waals surface area contributed by atoms with Crippen LogP contribution in [0.2, 0.25) is 0 Å². The summed E-state index contributed by atoms with van der Waals surface area (Å²) in [7, 11) is 0. The lowest BCUT2D eigenvalue weighted by Crippen LogP contribution is -2.32. The van der Waals surface area contributed by atoms with Crippen molar-refractivity contribution in [3.63, 3.8) is 0 Å². The van der Waals surface area contributed by atoms with E-state index in [-0.39, 0.29) is 11.9 Å². The zero-order valence-corrected chi connectivity index (χ0v) is 16.6. The molecule has 0 saturated carbocycles. The van der Waals surface area contributed by atoms with Crippen LogP contribution in [0.3, 0.4) is 0 Å². The molecule has 0 unspecified atom stereocenters. The molecule has 1 aromatic carbocycles. The second-order valence-electron chi connectivity index (χ2n) is 7.69. The molecule has 27 heavy (non-hydrogen) atoms. The minimum atomic E-state index is -0.187. The van der Waals surface area contributed by atoms with Crippen LogP contribution in [0.4, 0.5) is 17.3 Å². The van der Waals surface area contributed by atoms with Crippen LogP contribution in [0, 0.1) is 12.8 Å². The molecule has 3 rings (SSSR count). The number of carbonyl (C=O) groups is 1. The Balaban J connectivity index is 1.70. The number of nitrogens with zero attached hydrogens (tertiary/aromatic N) is 3. The van der Waals surface area contributed by atoms with Crippen LogP contribution in [0.15, 0.2) is 30.3 Å². The molecular formula is C21H29N5O. The standard InChI is InChI=1S/C21H29N5O/c1-14(2)22-20(27)19-13-16(4)23-21(25-19)24-17-5-7-18(8-6-17)26-11-9-15(3)10-12-26/h5-8,13-15H,9-12H2,1-4H3,(H,22,27)(H,23,24,25). The molecule has 0 aliphatic carbocycles. The lowest BCUT2D eigenvalue weighted by Gasteiger charge is -2.32. The van der Waals surface area contributed by atoms with Crippen molar-refractivity contribution in [2.75, 3.05) is 23.3 Å². The number of piperidine rings is 1. The van der Waals surface area contributed by atoms with Crippen molar-refractivity contribution < 1.29 is 4.79 Å². The minimum Gasteiger partial charge on any atom is -0.372 e. The second-order valence-corrected chi connectivity index (χ2v) is 7.69. The first-order valence-electron chi connectivity index (χ1n) is 9.69. The lowest BCUT2D eigenvalue weighted by molar-refractivity contribution is 0.0938. The van der Waals surface area contributed by atoms with Gasteiger partial charge in [0.25, 0.3) is 5.91 Å².